The van der Waals surface area contributed by atoms with E-state index in [2.05, 4.69) is 18.9 Å². The quantitative estimate of drug-likeness (QED) is 0.879. The molecule has 1 aromatic rings. The Bertz CT molecular complexity index is 415. The summed E-state index contributed by atoms with van der Waals surface area (Å²) in [5.41, 5.74) is 7.15. The van der Waals surface area contributed by atoms with Crippen LogP contribution in [0.15, 0.2) is 12.3 Å². The number of rotatable bonds is 4. The largest absolute Gasteiger partial charge is 0.386 e. The Balaban J connectivity index is 2.22. The zero-order valence-electron chi connectivity index (χ0n) is 12.4. The van der Waals surface area contributed by atoms with Gasteiger partial charge in [0.1, 0.15) is 6.10 Å². The highest BCUT2D eigenvalue weighted by atomic mass is 16.3. The molecule has 4 nitrogen and oxygen atoms in total. The Morgan fingerprint density at radius 1 is 1.37 bits per heavy atom. The first-order valence-electron chi connectivity index (χ1n) is 7.34. The molecule has 1 aliphatic carbocycles. The van der Waals surface area contributed by atoms with Crippen LogP contribution in [0.1, 0.15) is 58.3 Å². The van der Waals surface area contributed by atoms with Gasteiger partial charge in [0.05, 0.1) is 5.69 Å². The van der Waals surface area contributed by atoms with Crippen molar-refractivity contribution in [1.29, 1.82) is 0 Å². The molecule has 1 heterocycles. The summed E-state index contributed by atoms with van der Waals surface area (Å²) in [7, 11) is 0. The lowest BCUT2D eigenvalue weighted by Crippen LogP contribution is -2.42. The topological polar surface area (TPSA) is 64.1 Å². The molecular formula is C15H27N3O. The third kappa shape index (κ3) is 2.70. The molecule has 0 amide bonds. The molecule has 108 valence electrons. The lowest BCUT2D eigenvalue weighted by atomic mass is 9.62. The molecule has 1 aromatic heterocycles. The molecular weight excluding hydrogens is 238 g/mol. The molecule has 3 N–H and O–H groups in total. The van der Waals surface area contributed by atoms with Crippen LogP contribution >= 0.6 is 0 Å². The van der Waals surface area contributed by atoms with Crippen LogP contribution in [0.2, 0.25) is 0 Å². The minimum absolute atomic E-state index is 0.178. The predicted molar refractivity (Wildman–Crippen MR) is 76.6 cm³/mol. The minimum atomic E-state index is -0.504. The van der Waals surface area contributed by atoms with Crippen LogP contribution in [0.4, 0.5) is 0 Å². The van der Waals surface area contributed by atoms with E-state index in [9.17, 15) is 5.11 Å². The van der Waals surface area contributed by atoms with Crippen molar-refractivity contribution < 1.29 is 5.11 Å². The van der Waals surface area contributed by atoms with Crippen LogP contribution < -0.4 is 5.73 Å². The highest BCUT2D eigenvalue weighted by Gasteiger charge is 2.43. The standard InChI is InChI=1S/C15H27N3O/c1-4-18-12(5-10-17-18)13(19)15(11-16)8-6-14(2,3)7-9-15/h5,10,13,19H,4,6-9,11,16H2,1-3H3. The Hall–Kier alpha value is -0.870. The van der Waals surface area contributed by atoms with E-state index < -0.39 is 6.10 Å². The van der Waals surface area contributed by atoms with Crippen molar-refractivity contribution >= 4 is 0 Å². The maximum Gasteiger partial charge on any atom is 0.102 e. The molecule has 1 unspecified atom stereocenters. The number of aryl methyl sites for hydroxylation is 1. The summed E-state index contributed by atoms with van der Waals surface area (Å²) < 4.78 is 1.88. The summed E-state index contributed by atoms with van der Waals surface area (Å²) in [5, 5.41) is 15.1. The van der Waals surface area contributed by atoms with Gasteiger partial charge in [-0.15, -0.1) is 0 Å². The molecule has 0 bridgehead atoms. The summed E-state index contributed by atoms with van der Waals surface area (Å²) in [5.74, 6) is 0. The van der Waals surface area contributed by atoms with Gasteiger partial charge in [0.2, 0.25) is 0 Å². The predicted octanol–water partition coefficient (Wildman–Crippen LogP) is 2.48. The molecule has 0 aliphatic heterocycles. The highest BCUT2D eigenvalue weighted by Crippen LogP contribution is 2.50. The monoisotopic (exact) mass is 265 g/mol. The van der Waals surface area contributed by atoms with E-state index in [1.54, 1.807) is 6.20 Å². The van der Waals surface area contributed by atoms with Gasteiger partial charge in [0.25, 0.3) is 0 Å². The van der Waals surface area contributed by atoms with E-state index in [0.29, 0.717) is 12.0 Å². The van der Waals surface area contributed by atoms with Crippen LogP contribution in [0.3, 0.4) is 0 Å². The fourth-order valence-electron chi connectivity index (χ4n) is 3.17. The Kier molecular flexibility index (Phi) is 4.02. The first-order valence-corrected chi connectivity index (χ1v) is 7.34. The van der Waals surface area contributed by atoms with Crippen molar-refractivity contribution in [3.05, 3.63) is 18.0 Å². The third-order valence-corrected chi connectivity index (χ3v) is 4.91. The SMILES string of the molecule is CCn1nccc1C(O)C1(CN)CCC(C)(C)CC1. The Labute approximate surface area is 116 Å². The van der Waals surface area contributed by atoms with Crippen molar-refractivity contribution in [3.63, 3.8) is 0 Å². The lowest BCUT2D eigenvalue weighted by molar-refractivity contribution is -0.0281. The first kappa shape index (κ1) is 14.5. The van der Waals surface area contributed by atoms with Gasteiger partial charge in [0, 0.05) is 24.7 Å². The van der Waals surface area contributed by atoms with E-state index in [4.69, 9.17) is 5.73 Å². The van der Waals surface area contributed by atoms with E-state index in [0.717, 1.165) is 37.9 Å². The maximum atomic E-state index is 10.8. The molecule has 0 aromatic carbocycles. The summed E-state index contributed by atoms with van der Waals surface area (Å²) in [4.78, 5) is 0. The fourth-order valence-corrected chi connectivity index (χ4v) is 3.17. The van der Waals surface area contributed by atoms with Gasteiger partial charge >= 0.3 is 0 Å². The van der Waals surface area contributed by atoms with Crippen LogP contribution in [0, 0.1) is 10.8 Å². The van der Waals surface area contributed by atoms with Gasteiger partial charge in [-0.1, -0.05) is 13.8 Å². The minimum Gasteiger partial charge on any atom is -0.386 e. The van der Waals surface area contributed by atoms with E-state index >= 15 is 0 Å². The molecule has 2 rings (SSSR count). The lowest BCUT2D eigenvalue weighted by Gasteiger charge is -2.45. The number of aromatic nitrogens is 2. The summed E-state index contributed by atoms with van der Waals surface area (Å²) in [6.07, 6.45) is 5.50. The van der Waals surface area contributed by atoms with E-state index in [1.807, 2.05) is 17.7 Å². The second-order valence-corrected chi connectivity index (χ2v) is 6.71. The first-order chi connectivity index (χ1) is 8.94. The highest BCUT2D eigenvalue weighted by molar-refractivity contribution is 5.11. The number of nitrogens with two attached hydrogens (primary N) is 1. The Morgan fingerprint density at radius 3 is 2.53 bits per heavy atom. The van der Waals surface area contributed by atoms with E-state index in [-0.39, 0.29) is 5.41 Å². The van der Waals surface area contributed by atoms with Gasteiger partial charge in [-0.25, -0.2) is 0 Å². The van der Waals surface area contributed by atoms with Gasteiger partial charge < -0.3 is 10.8 Å². The van der Waals surface area contributed by atoms with Gasteiger partial charge in [-0.05, 0) is 44.1 Å². The number of nitrogens with zero attached hydrogens (tertiary/aromatic N) is 2. The summed E-state index contributed by atoms with van der Waals surface area (Å²) >= 11 is 0. The second kappa shape index (κ2) is 5.25. The normalized spacial score (nSPS) is 23.2. The van der Waals surface area contributed by atoms with Crippen molar-refractivity contribution in [2.75, 3.05) is 6.54 Å². The molecule has 19 heavy (non-hydrogen) atoms. The van der Waals surface area contributed by atoms with Crippen molar-refractivity contribution in [1.82, 2.24) is 9.78 Å². The van der Waals surface area contributed by atoms with Crippen molar-refractivity contribution in [2.45, 2.75) is 59.1 Å². The molecule has 0 radical (unpaired) electrons. The fraction of sp³-hybridized carbons (Fsp3) is 0.800. The Morgan fingerprint density at radius 2 is 2.00 bits per heavy atom. The molecule has 1 saturated carbocycles. The zero-order valence-corrected chi connectivity index (χ0v) is 12.4. The van der Waals surface area contributed by atoms with Crippen LogP contribution in [0.5, 0.6) is 0 Å². The molecule has 0 saturated heterocycles. The number of aliphatic hydroxyl groups is 1. The summed E-state index contributed by atoms with van der Waals surface area (Å²) in [6, 6.07) is 1.92. The van der Waals surface area contributed by atoms with E-state index in [1.165, 1.54) is 0 Å². The molecule has 0 spiro atoms. The molecule has 1 fully saturated rings. The third-order valence-electron chi connectivity index (χ3n) is 4.91. The summed E-state index contributed by atoms with van der Waals surface area (Å²) in [6.45, 7) is 7.97. The smallest absolute Gasteiger partial charge is 0.102 e. The number of hydrogen-bond acceptors (Lipinski definition) is 3. The van der Waals surface area contributed by atoms with Gasteiger partial charge in [-0.2, -0.15) is 5.10 Å². The zero-order chi connectivity index (χ0) is 14.1. The van der Waals surface area contributed by atoms with Crippen molar-refractivity contribution in [3.8, 4) is 0 Å². The number of hydrogen-bond donors (Lipinski definition) is 2. The molecule has 1 aliphatic rings. The van der Waals surface area contributed by atoms with Crippen molar-refractivity contribution in [2.24, 2.45) is 16.6 Å². The number of aliphatic hydroxyl groups excluding tert-OH is 1. The van der Waals surface area contributed by atoms with Crippen LogP contribution in [0.25, 0.3) is 0 Å². The van der Waals surface area contributed by atoms with Gasteiger partial charge in [-0.3, -0.25) is 4.68 Å². The average molecular weight is 265 g/mol. The van der Waals surface area contributed by atoms with Gasteiger partial charge in [0.15, 0.2) is 0 Å². The second-order valence-electron chi connectivity index (χ2n) is 6.71. The molecule has 4 heteroatoms. The van der Waals surface area contributed by atoms with Crippen LogP contribution in [-0.2, 0) is 6.54 Å². The average Bonchev–Trinajstić information content (AvgIpc) is 2.87. The maximum absolute atomic E-state index is 10.8. The van der Waals surface area contributed by atoms with Crippen LogP contribution in [-0.4, -0.2) is 21.4 Å². The molecule has 1 atom stereocenters.